The normalized spacial score (nSPS) is 14.4. The molecule has 2 radical (unpaired) electrons. The van der Waals surface area contributed by atoms with E-state index in [2.05, 4.69) is 0 Å². The molecule has 0 heterocycles. The minimum atomic E-state index is 0. The Morgan fingerprint density at radius 1 is 1.00 bits per heavy atom. The third kappa shape index (κ3) is 10.7. The molecule has 2 heteroatoms. The maximum absolute atomic E-state index is 1.50. The van der Waals surface area contributed by atoms with Gasteiger partial charge >= 0.3 is 0 Å². The molecule has 0 spiro atoms. The second-order valence-electron chi connectivity index (χ2n) is 1.06. The van der Waals surface area contributed by atoms with Crippen molar-refractivity contribution >= 4 is 0 Å². The van der Waals surface area contributed by atoms with Crippen molar-refractivity contribution in [2.24, 2.45) is 0 Å². The number of hydrogen-bond donors (Lipinski definition) is 0. The van der Waals surface area contributed by atoms with Gasteiger partial charge in [-0.1, -0.05) is 19.3 Å². The zero-order valence-electron chi connectivity index (χ0n) is 3.15. The molecule has 5 heavy (non-hydrogen) atoms. The molecular formula is C3H8VY. The molecule has 0 atom stereocenters. The van der Waals surface area contributed by atoms with Gasteiger partial charge in [-0.2, -0.15) is 0 Å². The summed E-state index contributed by atoms with van der Waals surface area (Å²) in [5, 5.41) is 0. The first-order valence-corrected chi connectivity index (χ1v) is 1.50. The van der Waals surface area contributed by atoms with Crippen LogP contribution < -0.4 is 0 Å². The molecule has 0 amide bonds. The molecule has 0 aromatic carbocycles. The second kappa shape index (κ2) is 5.69. The van der Waals surface area contributed by atoms with E-state index in [4.69, 9.17) is 0 Å². The quantitative estimate of drug-likeness (QED) is 0.536. The first kappa shape index (κ1) is 9.85. The summed E-state index contributed by atoms with van der Waals surface area (Å²) in [5.41, 5.74) is 0. The van der Waals surface area contributed by atoms with Crippen LogP contribution in [-0.4, -0.2) is 0 Å². The van der Waals surface area contributed by atoms with E-state index in [1.165, 1.54) is 19.3 Å². The van der Waals surface area contributed by atoms with Gasteiger partial charge in [0.15, 0.2) is 0 Å². The van der Waals surface area contributed by atoms with Crippen molar-refractivity contribution in [1.29, 1.82) is 0 Å². The van der Waals surface area contributed by atoms with Gasteiger partial charge in [0, 0.05) is 52.7 Å². The Bertz CT molecular complexity index is 15.5. The van der Waals surface area contributed by atoms with Crippen molar-refractivity contribution in [3.63, 3.8) is 0 Å². The Kier molecular flexibility index (Phi) is 11.2. The second-order valence-corrected chi connectivity index (χ2v) is 1.06. The van der Waals surface area contributed by atoms with Gasteiger partial charge in [0.05, 0.1) is 0 Å². The molecule has 0 aromatic rings. The fourth-order valence-electron chi connectivity index (χ4n) is 0. The summed E-state index contributed by atoms with van der Waals surface area (Å²) in [6.45, 7) is 0. The van der Waals surface area contributed by atoms with Crippen LogP contribution in [0.1, 0.15) is 20.7 Å². The average Bonchev–Trinajstić information content (AvgIpc) is 1.46. The third-order valence-electron chi connectivity index (χ3n) is 0.354. The fraction of sp³-hybridized carbons (Fsp3) is 1.00. The van der Waals surface area contributed by atoms with Crippen molar-refractivity contribution in [2.75, 3.05) is 0 Å². The molecule has 1 saturated carbocycles. The minimum Gasteiger partial charge on any atom is -0.0533 e. The smallest absolute Gasteiger partial charge is 0 e. The topological polar surface area (TPSA) is 0 Å². The Balaban J connectivity index is -0.0000000300. The monoisotopic (exact) mass is 186 g/mol. The zero-order chi connectivity index (χ0) is 2.12. The fourth-order valence-corrected chi connectivity index (χ4v) is 0. The van der Waals surface area contributed by atoms with Crippen molar-refractivity contribution in [1.82, 2.24) is 0 Å². The molecule has 0 saturated heterocycles. The minimum absolute atomic E-state index is 0. The predicted molar refractivity (Wildman–Crippen MR) is 16.0 cm³/mol. The zero-order valence-corrected chi connectivity index (χ0v) is 7.38. The Morgan fingerprint density at radius 2 is 1.20 bits per heavy atom. The van der Waals surface area contributed by atoms with Gasteiger partial charge in [-0.25, -0.2) is 0 Å². The van der Waals surface area contributed by atoms with E-state index >= 15 is 0 Å². The summed E-state index contributed by atoms with van der Waals surface area (Å²) in [4.78, 5) is 0. The first-order valence-electron chi connectivity index (χ1n) is 1.50. The summed E-state index contributed by atoms with van der Waals surface area (Å²) in [5.74, 6) is 0. The Morgan fingerprint density at radius 3 is 1.20 bits per heavy atom. The van der Waals surface area contributed by atoms with E-state index in [1.807, 2.05) is 0 Å². The van der Waals surface area contributed by atoms with Gasteiger partial charge in [0.25, 0.3) is 0 Å². The van der Waals surface area contributed by atoms with Crippen LogP contribution in [0.3, 0.4) is 0 Å². The summed E-state index contributed by atoms with van der Waals surface area (Å²) in [6.07, 6.45) is 4.50. The van der Waals surface area contributed by atoms with Crippen molar-refractivity contribution in [3.8, 4) is 0 Å². The molecule has 0 aromatic heterocycles. The molecular weight excluding hydrogens is 176 g/mol. The molecule has 1 rings (SSSR count). The SMILES string of the molecule is C1CC1.[3HH].[V].[Y]. The van der Waals surface area contributed by atoms with E-state index in [1.54, 1.807) is 0 Å². The summed E-state index contributed by atoms with van der Waals surface area (Å²) < 4.78 is 0. The Labute approximate surface area is 71.3 Å². The third-order valence-corrected chi connectivity index (χ3v) is 0.354. The van der Waals surface area contributed by atoms with Gasteiger partial charge in [-0.15, -0.1) is 0 Å². The van der Waals surface area contributed by atoms with Gasteiger partial charge in [0.2, 0.25) is 0 Å². The van der Waals surface area contributed by atoms with Crippen molar-refractivity contribution in [2.45, 2.75) is 19.3 Å². The van der Waals surface area contributed by atoms with Crippen molar-refractivity contribution < 1.29 is 52.7 Å². The summed E-state index contributed by atoms with van der Waals surface area (Å²) in [7, 11) is 0. The molecule has 0 N–H and O–H groups in total. The van der Waals surface area contributed by atoms with Crippen LogP contribution in [0.15, 0.2) is 0 Å². The molecule has 1 fully saturated rings. The predicted octanol–water partition coefficient (Wildman–Crippen LogP) is 1.41. The van der Waals surface area contributed by atoms with Crippen LogP contribution in [-0.2, 0) is 51.3 Å². The molecule has 1 aliphatic carbocycles. The van der Waals surface area contributed by atoms with Gasteiger partial charge in [-0.3, -0.25) is 0 Å². The molecule has 0 unspecified atom stereocenters. The molecule has 1 aliphatic rings. The van der Waals surface area contributed by atoms with Crippen molar-refractivity contribution in [3.05, 3.63) is 0 Å². The number of rotatable bonds is 0. The maximum atomic E-state index is 1.50. The van der Waals surface area contributed by atoms with E-state index in [0.717, 1.165) is 0 Å². The van der Waals surface area contributed by atoms with Crippen LogP contribution >= 0.6 is 0 Å². The van der Waals surface area contributed by atoms with Crippen LogP contribution in [0, 0.1) is 0 Å². The van der Waals surface area contributed by atoms with Gasteiger partial charge < -0.3 is 0 Å². The van der Waals surface area contributed by atoms with E-state index < -0.39 is 0 Å². The molecule has 0 aliphatic heterocycles. The first-order chi connectivity index (χ1) is 1.50. The van der Waals surface area contributed by atoms with Crippen LogP contribution in [0.4, 0.5) is 0 Å². The number of hydrogen-bond acceptors (Lipinski definition) is 0. The van der Waals surface area contributed by atoms with Gasteiger partial charge in [-0.05, 0) is 0 Å². The van der Waals surface area contributed by atoms with Crippen LogP contribution in [0.25, 0.3) is 0 Å². The van der Waals surface area contributed by atoms with Crippen LogP contribution in [0.5, 0.6) is 0 Å². The van der Waals surface area contributed by atoms with E-state index in [9.17, 15) is 0 Å². The largest absolute Gasteiger partial charge is 0.0533 e. The van der Waals surface area contributed by atoms with Gasteiger partial charge in [0.1, 0.15) is 0 Å². The summed E-state index contributed by atoms with van der Waals surface area (Å²) in [6, 6.07) is 0. The van der Waals surface area contributed by atoms with Crippen LogP contribution in [0.2, 0.25) is 0 Å². The Hall–Kier alpha value is 1.69. The average molecular weight is 186 g/mol. The van der Waals surface area contributed by atoms with E-state index in [0.29, 0.717) is 0 Å². The standard InChI is InChI=1S/C3H6.V.Y.H2/c1-2-3-1;;;/h1-3H2;;;1H/i;;;1+2. The molecule has 0 nitrogen and oxygen atoms in total. The molecule has 28 valence electrons. The maximum Gasteiger partial charge on any atom is 0 e. The van der Waals surface area contributed by atoms with E-state index in [-0.39, 0.29) is 52.7 Å². The summed E-state index contributed by atoms with van der Waals surface area (Å²) >= 11 is 0. The molecule has 0 bridgehead atoms.